The van der Waals surface area contributed by atoms with E-state index in [9.17, 15) is 9.59 Å². The van der Waals surface area contributed by atoms with E-state index in [0.29, 0.717) is 35.1 Å². The molecule has 3 rings (SSSR count). The Morgan fingerprint density at radius 3 is 2.60 bits per heavy atom. The van der Waals surface area contributed by atoms with E-state index in [-0.39, 0.29) is 18.3 Å². The summed E-state index contributed by atoms with van der Waals surface area (Å²) >= 11 is 0. The molecule has 0 aliphatic carbocycles. The first kappa shape index (κ1) is 20.9. The van der Waals surface area contributed by atoms with Gasteiger partial charge in [0, 0.05) is 35.3 Å². The number of anilines is 1. The largest absolute Gasteiger partial charge is 0.493 e. The van der Waals surface area contributed by atoms with Gasteiger partial charge < -0.3 is 19.5 Å². The van der Waals surface area contributed by atoms with Gasteiger partial charge >= 0.3 is 0 Å². The number of aromatic nitrogens is 1. The average molecular weight is 406 g/mol. The average Bonchev–Trinajstić information content (AvgIpc) is 2.77. The summed E-state index contributed by atoms with van der Waals surface area (Å²) in [6, 6.07) is 15.5. The van der Waals surface area contributed by atoms with Crippen molar-refractivity contribution in [1.82, 2.24) is 4.98 Å². The van der Waals surface area contributed by atoms with Crippen molar-refractivity contribution in [1.29, 1.82) is 0 Å². The quantitative estimate of drug-likeness (QED) is 0.543. The molecule has 30 heavy (non-hydrogen) atoms. The summed E-state index contributed by atoms with van der Waals surface area (Å²) in [7, 11) is 1.55. The summed E-state index contributed by atoms with van der Waals surface area (Å²) in [6.07, 6.45) is 3.41. The first-order chi connectivity index (χ1) is 14.5. The third-order valence-corrected chi connectivity index (χ3v) is 4.18. The van der Waals surface area contributed by atoms with Crippen molar-refractivity contribution in [2.75, 3.05) is 19.0 Å². The minimum absolute atomic E-state index is 0.0676. The lowest BCUT2D eigenvalue weighted by Gasteiger charge is -2.13. The highest BCUT2D eigenvalue weighted by Crippen LogP contribution is 2.31. The molecule has 0 aliphatic rings. The molecule has 0 unspecified atom stereocenters. The van der Waals surface area contributed by atoms with Gasteiger partial charge in [0.25, 0.3) is 5.91 Å². The number of nitrogens with zero attached hydrogens (tertiary/aromatic N) is 1. The fourth-order valence-electron chi connectivity index (χ4n) is 2.66. The van der Waals surface area contributed by atoms with Gasteiger partial charge in [-0.1, -0.05) is 18.2 Å². The first-order valence-corrected chi connectivity index (χ1v) is 9.28. The molecule has 1 amide bonds. The molecule has 0 fully saturated rings. The van der Waals surface area contributed by atoms with E-state index in [1.165, 1.54) is 6.92 Å². The van der Waals surface area contributed by atoms with Gasteiger partial charge in [-0.3, -0.25) is 14.6 Å². The molecule has 3 aromatic rings. The number of ether oxygens (including phenoxy) is 3. The number of methoxy groups -OCH3 is 1. The lowest BCUT2D eigenvalue weighted by Crippen LogP contribution is -2.20. The molecular formula is C23H22N2O5. The molecule has 2 aromatic carbocycles. The molecule has 0 saturated heterocycles. The summed E-state index contributed by atoms with van der Waals surface area (Å²) in [4.78, 5) is 27.8. The predicted octanol–water partition coefficient (Wildman–Crippen LogP) is 3.89. The number of nitrogens with one attached hydrogen (secondary N) is 1. The number of amides is 1. The summed E-state index contributed by atoms with van der Waals surface area (Å²) in [5, 5.41) is 2.76. The van der Waals surface area contributed by atoms with Crippen molar-refractivity contribution in [3.63, 3.8) is 0 Å². The highest BCUT2D eigenvalue weighted by atomic mass is 16.5. The molecule has 154 valence electrons. The maximum atomic E-state index is 12.3. The molecule has 1 aromatic heterocycles. The molecule has 7 heteroatoms. The smallest absolute Gasteiger partial charge is 0.262 e. The van der Waals surface area contributed by atoms with Crippen LogP contribution < -0.4 is 19.5 Å². The molecule has 1 N–H and O–H groups in total. The van der Waals surface area contributed by atoms with Crippen LogP contribution in [0.2, 0.25) is 0 Å². The second-order valence-corrected chi connectivity index (χ2v) is 6.44. The topological polar surface area (TPSA) is 86.8 Å². The molecule has 1 heterocycles. The SMILES string of the molecule is COc1ccc(NC(=O)COc2cccc(C(C)=O)c2)cc1OCc1cccnc1. The van der Waals surface area contributed by atoms with Gasteiger partial charge in [0.15, 0.2) is 23.9 Å². The van der Waals surface area contributed by atoms with Crippen molar-refractivity contribution < 1.29 is 23.8 Å². The van der Waals surface area contributed by atoms with Crippen molar-refractivity contribution in [2.24, 2.45) is 0 Å². The van der Waals surface area contributed by atoms with E-state index in [2.05, 4.69) is 10.3 Å². The third-order valence-electron chi connectivity index (χ3n) is 4.18. The molecule has 0 atom stereocenters. The predicted molar refractivity (Wildman–Crippen MR) is 112 cm³/mol. The number of carbonyl (C=O) groups is 2. The normalized spacial score (nSPS) is 10.2. The summed E-state index contributed by atoms with van der Waals surface area (Å²) in [6.45, 7) is 1.60. The van der Waals surface area contributed by atoms with Crippen LogP contribution in [0.4, 0.5) is 5.69 Å². The lowest BCUT2D eigenvalue weighted by molar-refractivity contribution is -0.118. The minimum Gasteiger partial charge on any atom is -0.493 e. The van der Waals surface area contributed by atoms with Gasteiger partial charge in [-0.25, -0.2) is 0 Å². The van der Waals surface area contributed by atoms with E-state index in [1.807, 2.05) is 12.1 Å². The summed E-state index contributed by atoms with van der Waals surface area (Å²) in [5.41, 5.74) is 1.98. The Kier molecular flexibility index (Phi) is 7.00. The lowest BCUT2D eigenvalue weighted by atomic mass is 10.1. The molecule has 0 aliphatic heterocycles. The Balaban J connectivity index is 1.60. The van der Waals surface area contributed by atoms with Crippen LogP contribution in [0.15, 0.2) is 67.0 Å². The second-order valence-electron chi connectivity index (χ2n) is 6.44. The van der Waals surface area contributed by atoms with E-state index >= 15 is 0 Å². The van der Waals surface area contributed by atoms with Crippen molar-refractivity contribution in [2.45, 2.75) is 13.5 Å². The maximum Gasteiger partial charge on any atom is 0.262 e. The zero-order valence-corrected chi connectivity index (χ0v) is 16.8. The van der Waals surface area contributed by atoms with Crippen molar-refractivity contribution >= 4 is 17.4 Å². The molecule has 0 radical (unpaired) electrons. The zero-order valence-electron chi connectivity index (χ0n) is 16.8. The van der Waals surface area contributed by atoms with Crippen LogP contribution in [0.5, 0.6) is 17.2 Å². The molecule has 7 nitrogen and oxygen atoms in total. The Morgan fingerprint density at radius 2 is 1.87 bits per heavy atom. The Morgan fingerprint density at radius 1 is 1.00 bits per heavy atom. The highest BCUT2D eigenvalue weighted by molar-refractivity contribution is 5.94. The van der Waals surface area contributed by atoms with E-state index in [1.54, 1.807) is 62.0 Å². The highest BCUT2D eigenvalue weighted by Gasteiger charge is 2.10. The van der Waals surface area contributed by atoms with Gasteiger partial charge in [0.1, 0.15) is 12.4 Å². The second kappa shape index (κ2) is 10.1. The maximum absolute atomic E-state index is 12.3. The summed E-state index contributed by atoms with van der Waals surface area (Å²) in [5.74, 6) is 1.09. The van der Waals surface area contributed by atoms with Gasteiger partial charge in [0.05, 0.1) is 7.11 Å². The van der Waals surface area contributed by atoms with E-state index < -0.39 is 0 Å². The van der Waals surface area contributed by atoms with Gasteiger partial charge in [-0.05, 0) is 37.3 Å². The standard InChI is InChI=1S/C23H22N2O5/c1-16(26)18-6-3-7-20(11-18)29-15-23(27)25-19-8-9-21(28-2)22(12-19)30-14-17-5-4-10-24-13-17/h3-13H,14-15H2,1-2H3,(H,25,27). The van der Waals surface area contributed by atoms with Crippen molar-refractivity contribution in [3.05, 3.63) is 78.1 Å². The van der Waals surface area contributed by atoms with Crippen LogP contribution in [-0.2, 0) is 11.4 Å². The Hall–Kier alpha value is -3.87. The van der Waals surface area contributed by atoms with Crippen LogP contribution in [-0.4, -0.2) is 30.4 Å². The number of carbonyl (C=O) groups excluding carboxylic acids is 2. The Labute approximate surface area is 174 Å². The van der Waals surface area contributed by atoms with Gasteiger partial charge in [-0.2, -0.15) is 0 Å². The van der Waals surface area contributed by atoms with Crippen LogP contribution in [0.1, 0.15) is 22.8 Å². The van der Waals surface area contributed by atoms with Crippen LogP contribution in [0.25, 0.3) is 0 Å². The number of hydrogen-bond donors (Lipinski definition) is 1. The number of pyridine rings is 1. The van der Waals surface area contributed by atoms with E-state index in [4.69, 9.17) is 14.2 Å². The van der Waals surface area contributed by atoms with Crippen molar-refractivity contribution in [3.8, 4) is 17.2 Å². The molecule has 0 bridgehead atoms. The molecule has 0 saturated carbocycles. The van der Waals surface area contributed by atoms with Gasteiger partial charge in [0.2, 0.25) is 0 Å². The zero-order chi connectivity index (χ0) is 21.3. The van der Waals surface area contributed by atoms with E-state index in [0.717, 1.165) is 5.56 Å². The fraction of sp³-hybridized carbons (Fsp3) is 0.174. The van der Waals surface area contributed by atoms with Gasteiger partial charge in [-0.15, -0.1) is 0 Å². The van der Waals surface area contributed by atoms with Crippen LogP contribution in [0.3, 0.4) is 0 Å². The first-order valence-electron chi connectivity index (χ1n) is 9.28. The fourth-order valence-corrected chi connectivity index (χ4v) is 2.66. The van der Waals surface area contributed by atoms with Crippen LogP contribution >= 0.6 is 0 Å². The molecule has 0 spiro atoms. The third kappa shape index (κ3) is 5.81. The number of benzene rings is 2. The molecular weight excluding hydrogens is 384 g/mol. The number of Topliss-reactive ketones (excluding diaryl/α,β-unsaturated/α-hetero) is 1. The number of rotatable bonds is 9. The van der Waals surface area contributed by atoms with Crippen LogP contribution in [0, 0.1) is 0 Å². The number of ketones is 1. The monoisotopic (exact) mass is 406 g/mol. The Bertz CT molecular complexity index is 1020. The summed E-state index contributed by atoms with van der Waals surface area (Å²) < 4.78 is 16.6. The minimum atomic E-state index is -0.341. The number of hydrogen-bond acceptors (Lipinski definition) is 6.